The molecule has 18 heavy (non-hydrogen) atoms. The van der Waals surface area contributed by atoms with Gasteiger partial charge in [0.15, 0.2) is 0 Å². The fourth-order valence-electron chi connectivity index (χ4n) is 1.76. The summed E-state index contributed by atoms with van der Waals surface area (Å²) < 4.78 is 18.9. The van der Waals surface area contributed by atoms with E-state index in [0.29, 0.717) is 13.0 Å². The van der Waals surface area contributed by atoms with Crippen molar-refractivity contribution in [2.75, 3.05) is 19.8 Å². The Hall–Kier alpha value is -0.980. The van der Waals surface area contributed by atoms with Crippen LogP contribution in [0.1, 0.15) is 16.8 Å². The number of amides is 1. The Labute approximate surface area is 112 Å². The summed E-state index contributed by atoms with van der Waals surface area (Å²) in [5.41, 5.74) is -1.09. The van der Waals surface area contributed by atoms with Crippen LogP contribution in [0.5, 0.6) is 0 Å². The Morgan fingerprint density at radius 2 is 2.39 bits per heavy atom. The molecule has 1 unspecified atom stereocenters. The minimum atomic E-state index is -1.04. The van der Waals surface area contributed by atoms with Crippen molar-refractivity contribution in [3.05, 3.63) is 34.1 Å². The molecule has 1 aliphatic rings. The Morgan fingerprint density at radius 3 is 3.06 bits per heavy atom. The van der Waals surface area contributed by atoms with Crippen LogP contribution in [0, 0.1) is 5.82 Å². The van der Waals surface area contributed by atoms with E-state index in [1.54, 1.807) is 6.07 Å². The third kappa shape index (κ3) is 2.88. The maximum Gasteiger partial charge on any atom is 0.254 e. The van der Waals surface area contributed by atoms with E-state index in [-0.39, 0.29) is 23.2 Å². The number of hydrogen-bond acceptors (Lipinski definition) is 3. The highest BCUT2D eigenvalue weighted by atomic mass is 79.9. The third-order valence-corrected chi connectivity index (χ3v) is 3.47. The minimum Gasteiger partial charge on any atom is -0.386 e. The van der Waals surface area contributed by atoms with Crippen LogP contribution >= 0.6 is 15.9 Å². The second kappa shape index (κ2) is 5.34. The van der Waals surface area contributed by atoms with Gasteiger partial charge in [0.1, 0.15) is 11.4 Å². The van der Waals surface area contributed by atoms with Crippen LogP contribution in [0.15, 0.2) is 22.7 Å². The van der Waals surface area contributed by atoms with E-state index in [1.807, 2.05) is 0 Å². The van der Waals surface area contributed by atoms with Gasteiger partial charge in [0.2, 0.25) is 0 Å². The van der Waals surface area contributed by atoms with E-state index < -0.39 is 17.3 Å². The van der Waals surface area contributed by atoms with Crippen molar-refractivity contribution in [3.8, 4) is 0 Å². The van der Waals surface area contributed by atoms with Gasteiger partial charge in [-0.2, -0.15) is 0 Å². The number of aliphatic hydroxyl groups is 1. The maximum absolute atomic E-state index is 13.7. The molecule has 0 saturated carbocycles. The van der Waals surface area contributed by atoms with Gasteiger partial charge in [-0.25, -0.2) is 4.39 Å². The van der Waals surface area contributed by atoms with Gasteiger partial charge in [-0.15, -0.1) is 0 Å². The highest BCUT2D eigenvalue weighted by Gasteiger charge is 2.32. The molecule has 0 aliphatic carbocycles. The van der Waals surface area contributed by atoms with Crippen LogP contribution in [0.2, 0.25) is 0 Å². The summed E-state index contributed by atoms with van der Waals surface area (Å²) in [6, 6.07) is 4.49. The zero-order chi connectivity index (χ0) is 13.2. The molecule has 1 fully saturated rings. The van der Waals surface area contributed by atoms with Crippen LogP contribution in [0.25, 0.3) is 0 Å². The van der Waals surface area contributed by atoms with Gasteiger partial charge in [0, 0.05) is 19.6 Å². The molecule has 0 radical (unpaired) electrons. The molecule has 1 amide bonds. The van der Waals surface area contributed by atoms with Gasteiger partial charge in [0.05, 0.1) is 16.6 Å². The maximum atomic E-state index is 13.7. The predicted octanol–water partition coefficient (Wildman–Crippen LogP) is 1.47. The second-order valence-electron chi connectivity index (χ2n) is 4.31. The lowest BCUT2D eigenvalue weighted by Gasteiger charge is -2.20. The Morgan fingerprint density at radius 1 is 1.61 bits per heavy atom. The van der Waals surface area contributed by atoms with E-state index in [9.17, 15) is 14.3 Å². The van der Waals surface area contributed by atoms with Gasteiger partial charge in [-0.1, -0.05) is 6.07 Å². The van der Waals surface area contributed by atoms with E-state index in [4.69, 9.17) is 4.74 Å². The van der Waals surface area contributed by atoms with E-state index in [0.717, 1.165) is 0 Å². The number of carbonyl (C=O) groups is 1. The fourth-order valence-corrected chi connectivity index (χ4v) is 2.12. The zero-order valence-electron chi connectivity index (χ0n) is 9.58. The highest BCUT2D eigenvalue weighted by molar-refractivity contribution is 9.10. The summed E-state index contributed by atoms with van der Waals surface area (Å²) >= 11 is 3.02. The predicted molar refractivity (Wildman–Crippen MR) is 66.8 cm³/mol. The van der Waals surface area contributed by atoms with E-state index in [1.165, 1.54) is 12.1 Å². The van der Waals surface area contributed by atoms with Crippen LogP contribution in [0.4, 0.5) is 4.39 Å². The largest absolute Gasteiger partial charge is 0.386 e. The lowest BCUT2D eigenvalue weighted by atomic mass is 10.0. The highest BCUT2D eigenvalue weighted by Crippen LogP contribution is 2.20. The van der Waals surface area contributed by atoms with Crippen molar-refractivity contribution in [1.29, 1.82) is 0 Å². The molecule has 0 bridgehead atoms. The van der Waals surface area contributed by atoms with E-state index in [2.05, 4.69) is 21.2 Å². The topological polar surface area (TPSA) is 58.6 Å². The number of rotatable bonds is 3. The van der Waals surface area contributed by atoms with E-state index >= 15 is 0 Å². The molecule has 2 rings (SSSR count). The number of carbonyl (C=O) groups excluding carboxylic acids is 1. The number of nitrogens with one attached hydrogen (secondary N) is 1. The molecule has 1 heterocycles. The molecule has 1 saturated heterocycles. The van der Waals surface area contributed by atoms with Crippen LogP contribution < -0.4 is 5.32 Å². The lowest BCUT2D eigenvalue weighted by molar-refractivity contribution is 0.0264. The number of hydrogen-bond donors (Lipinski definition) is 2. The summed E-state index contributed by atoms with van der Waals surface area (Å²) in [6.07, 6.45) is 0.467. The summed E-state index contributed by atoms with van der Waals surface area (Å²) in [4.78, 5) is 11.8. The molecule has 98 valence electrons. The first-order valence-electron chi connectivity index (χ1n) is 5.54. The Bertz CT molecular complexity index is 461. The average Bonchev–Trinajstić information content (AvgIpc) is 2.77. The van der Waals surface area contributed by atoms with Gasteiger partial charge < -0.3 is 15.2 Å². The van der Waals surface area contributed by atoms with Crippen molar-refractivity contribution >= 4 is 21.8 Å². The first-order valence-corrected chi connectivity index (χ1v) is 6.33. The molecule has 4 nitrogen and oxygen atoms in total. The second-order valence-corrected chi connectivity index (χ2v) is 5.17. The quantitative estimate of drug-likeness (QED) is 0.887. The molecule has 1 atom stereocenters. The van der Waals surface area contributed by atoms with Gasteiger partial charge in [0.25, 0.3) is 5.91 Å². The molecule has 0 aromatic heterocycles. The first kappa shape index (κ1) is 13.5. The normalized spacial score (nSPS) is 23.1. The molecule has 0 spiro atoms. The van der Waals surface area contributed by atoms with Crippen molar-refractivity contribution in [3.63, 3.8) is 0 Å². The zero-order valence-corrected chi connectivity index (χ0v) is 11.2. The lowest BCUT2D eigenvalue weighted by Crippen LogP contribution is -2.43. The van der Waals surface area contributed by atoms with Crippen LogP contribution in [-0.2, 0) is 4.74 Å². The standard InChI is InChI=1S/C12H13BrFNO3/c13-9-3-1-2-8(10(9)14)11(16)15-6-12(17)4-5-18-7-12/h1-3,17H,4-7H2,(H,15,16). The molecule has 2 N–H and O–H groups in total. The molecular weight excluding hydrogens is 305 g/mol. The smallest absolute Gasteiger partial charge is 0.254 e. The number of halogens is 2. The summed E-state index contributed by atoms with van der Waals surface area (Å²) in [6.45, 7) is 0.712. The minimum absolute atomic E-state index is 0.0492. The van der Waals surface area contributed by atoms with Gasteiger partial charge >= 0.3 is 0 Å². The molecule has 6 heteroatoms. The van der Waals surface area contributed by atoms with Crippen molar-refractivity contribution in [2.45, 2.75) is 12.0 Å². The van der Waals surface area contributed by atoms with Crippen molar-refractivity contribution < 1.29 is 19.0 Å². The number of benzene rings is 1. The molecule has 1 aliphatic heterocycles. The third-order valence-electron chi connectivity index (χ3n) is 2.86. The van der Waals surface area contributed by atoms with Crippen molar-refractivity contribution in [2.24, 2.45) is 0 Å². The van der Waals surface area contributed by atoms with Gasteiger partial charge in [-0.05, 0) is 28.1 Å². The Kier molecular flexibility index (Phi) is 3.99. The molecule has 1 aromatic carbocycles. The molecule has 1 aromatic rings. The SMILES string of the molecule is O=C(NCC1(O)CCOC1)c1cccc(Br)c1F. The Balaban J connectivity index is 2.01. The molecular formula is C12H13BrFNO3. The number of ether oxygens (including phenoxy) is 1. The average molecular weight is 318 g/mol. The van der Waals surface area contributed by atoms with Crippen molar-refractivity contribution in [1.82, 2.24) is 5.32 Å². The van der Waals surface area contributed by atoms with Crippen LogP contribution in [-0.4, -0.2) is 36.4 Å². The summed E-state index contributed by atoms with van der Waals surface area (Å²) in [7, 11) is 0. The first-order chi connectivity index (χ1) is 8.52. The summed E-state index contributed by atoms with van der Waals surface area (Å²) in [5, 5.41) is 12.5. The van der Waals surface area contributed by atoms with Gasteiger partial charge in [-0.3, -0.25) is 4.79 Å². The summed E-state index contributed by atoms with van der Waals surface area (Å²) in [5.74, 6) is -1.15. The fraction of sp³-hybridized carbons (Fsp3) is 0.417. The van der Waals surface area contributed by atoms with Crippen LogP contribution in [0.3, 0.4) is 0 Å². The monoisotopic (exact) mass is 317 g/mol.